The van der Waals surface area contributed by atoms with Crippen LogP contribution in [0.25, 0.3) is 0 Å². The zero-order valence-electron chi connectivity index (χ0n) is 10.5. The summed E-state index contributed by atoms with van der Waals surface area (Å²) in [5, 5.41) is 0. The molecule has 0 amide bonds. The summed E-state index contributed by atoms with van der Waals surface area (Å²) in [5.41, 5.74) is 0. The van der Waals surface area contributed by atoms with Gasteiger partial charge in [-0.25, -0.2) is 0 Å². The van der Waals surface area contributed by atoms with Gasteiger partial charge in [-0.1, -0.05) is 64.7 Å². The molecule has 2 fully saturated rings. The first-order chi connectivity index (χ1) is 7.40. The molecule has 0 unspecified atom stereocenters. The largest absolute Gasteiger partial charge is 0.0654 e. The van der Waals surface area contributed by atoms with Crippen LogP contribution in [-0.2, 0) is 0 Å². The van der Waals surface area contributed by atoms with Gasteiger partial charge in [-0.05, 0) is 30.6 Å². The lowest BCUT2D eigenvalue weighted by molar-refractivity contribution is 0.163. The Labute approximate surface area is 95.8 Å². The molecule has 0 atom stereocenters. The van der Waals surface area contributed by atoms with Crippen LogP contribution in [0.5, 0.6) is 0 Å². The molecule has 0 radical (unpaired) electrons. The summed E-state index contributed by atoms with van der Waals surface area (Å²) < 4.78 is 0. The Balaban J connectivity index is 1.72. The minimum absolute atomic E-state index is 1.09. The minimum Gasteiger partial charge on any atom is -0.0654 e. The second-order valence-corrected chi connectivity index (χ2v) is 5.97. The molecule has 0 nitrogen and oxygen atoms in total. The Bertz CT molecular complexity index is 159. The molecule has 0 N–H and O–H groups in total. The first kappa shape index (κ1) is 11.5. The molecular formula is C15H28. The molecule has 0 aromatic carbocycles. The zero-order valence-corrected chi connectivity index (χ0v) is 10.5. The SMILES string of the molecule is CCC[C@H]1CC[C@H](C2CCCCC2)CC1. The Morgan fingerprint density at radius 3 is 1.93 bits per heavy atom. The fourth-order valence-electron chi connectivity index (χ4n) is 3.96. The monoisotopic (exact) mass is 208 g/mol. The smallest absolute Gasteiger partial charge is 0.0386 e. The van der Waals surface area contributed by atoms with Crippen molar-refractivity contribution in [2.75, 3.05) is 0 Å². The van der Waals surface area contributed by atoms with Crippen molar-refractivity contribution in [1.82, 2.24) is 0 Å². The van der Waals surface area contributed by atoms with Crippen molar-refractivity contribution in [3.63, 3.8) is 0 Å². The lowest BCUT2D eigenvalue weighted by Gasteiger charge is -2.35. The van der Waals surface area contributed by atoms with Crippen molar-refractivity contribution in [3.05, 3.63) is 0 Å². The molecule has 0 spiro atoms. The molecule has 2 aliphatic rings. The summed E-state index contributed by atoms with van der Waals surface area (Å²) in [6, 6.07) is 0. The highest BCUT2D eigenvalue weighted by Crippen LogP contribution is 2.40. The lowest BCUT2D eigenvalue weighted by Crippen LogP contribution is -2.23. The van der Waals surface area contributed by atoms with Crippen LogP contribution in [0, 0.1) is 17.8 Å². The standard InChI is InChI=1S/C15H28/c1-2-6-13-9-11-15(12-10-13)14-7-4-3-5-8-14/h13-15H,2-12H2,1H3/t13-,15-. The predicted molar refractivity (Wildman–Crippen MR) is 66.9 cm³/mol. The van der Waals surface area contributed by atoms with E-state index >= 15 is 0 Å². The zero-order chi connectivity index (χ0) is 10.5. The second kappa shape index (κ2) is 5.92. The van der Waals surface area contributed by atoms with E-state index in [0.717, 1.165) is 17.8 Å². The van der Waals surface area contributed by atoms with Crippen LogP contribution in [-0.4, -0.2) is 0 Å². The fraction of sp³-hybridized carbons (Fsp3) is 1.00. The van der Waals surface area contributed by atoms with Crippen molar-refractivity contribution < 1.29 is 0 Å². The fourth-order valence-corrected chi connectivity index (χ4v) is 3.96. The van der Waals surface area contributed by atoms with Gasteiger partial charge < -0.3 is 0 Å². The van der Waals surface area contributed by atoms with E-state index in [2.05, 4.69) is 6.92 Å². The minimum atomic E-state index is 1.09. The molecule has 0 heterocycles. The molecule has 2 rings (SSSR count). The molecule has 88 valence electrons. The summed E-state index contributed by atoms with van der Waals surface area (Å²) >= 11 is 0. The van der Waals surface area contributed by atoms with Crippen LogP contribution < -0.4 is 0 Å². The molecule has 2 saturated carbocycles. The quantitative estimate of drug-likeness (QED) is 0.600. The first-order valence-electron chi connectivity index (χ1n) is 7.40. The van der Waals surface area contributed by atoms with Crippen molar-refractivity contribution in [2.45, 2.75) is 77.6 Å². The van der Waals surface area contributed by atoms with E-state index in [1.54, 1.807) is 38.5 Å². The van der Waals surface area contributed by atoms with E-state index in [1.165, 1.54) is 32.1 Å². The highest BCUT2D eigenvalue weighted by Gasteiger charge is 2.27. The Kier molecular flexibility index (Phi) is 4.53. The average Bonchev–Trinajstić information content (AvgIpc) is 2.32. The van der Waals surface area contributed by atoms with Crippen LogP contribution >= 0.6 is 0 Å². The van der Waals surface area contributed by atoms with Crippen LogP contribution in [0.15, 0.2) is 0 Å². The topological polar surface area (TPSA) is 0 Å². The van der Waals surface area contributed by atoms with Gasteiger partial charge >= 0.3 is 0 Å². The third-order valence-corrected chi connectivity index (χ3v) is 4.90. The molecular weight excluding hydrogens is 180 g/mol. The summed E-state index contributed by atoms with van der Waals surface area (Å²) in [6.45, 7) is 2.34. The van der Waals surface area contributed by atoms with Crippen LogP contribution in [0.3, 0.4) is 0 Å². The van der Waals surface area contributed by atoms with Gasteiger partial charge in [0, 0.05) is 0 Å². The van der Waals surface area contributed by atoms with Gasteiger partial charge in [0.25, 0.3) is 0 Å². The molecule has 15 heavy (non-hydrogen) atoms. The molecule has 0 bridgehead atoms. The van der Waals surface area contributed by atoms with Crippen LogP contribution in [0.4, 0.5) is 0 Å². The van der Waals surface area contributed by atoms with Gasteiger partial charge in [0.1, 0.15) is 0 Å². The van der Waals surface area contributed by atoms with Crippen molar-refractivity contribution >= 4 is 0 Å². The number of rotatable bonds is 3. The molecule has 0 saturated heterocycles. The van der Waals surface area contributed by atoms with E-state index < -0.39 is 0 Å². The Hall–Kier alpha value is 0. The van der Waals surface area contributed by atoms with Crippen LogP contribution in [0.2, 0.25) is 0 Å². The number of hydrogen-bond acceptors (Lipinski definition) is 0. The predicted octanol–water partition coefficient (Wildman–Crippen LogP) is 5.17. The van der Waals surface area contributed by atoms with Gasteiger partial charge in [0.05, 0.1) is 0 Å². The third kappa shape index (κ3) is 3.23. The van der Waals surface area contributed by atoms with E-state index in [-0.39, 0.29) is 0 Å². The summed E-state index contributed by atoms with van der Waals surface area (Å²) in [4.78, 5) is 0. The Morgan fingerprint density at radius 1 is 0.733 bits per heavy atom. The van der Waals surface area contributed by atoms with Crippen molar-refractivity contribution in [3.8, 4) is 0 Å². The molecule has 0 aromatic rings. The molecule has 0 aliphatic heterocycles. The van der Waals surface area contributed by atoms with Gasteiger partial charge in [-0.2, -0.15) is 0 Å². The normalized spacial score (nSPS) is 34.2. The summed E-state index contributed by atoms with van der Waals surface area (Å²) in [6.07, 6.45) is 16.8. The van der Waals surface area contributed by atoms with Crippen molar-refractivity contribution in [1.29, 1.82) is 0 Å². The highest BCUT2D eigenvalue weighted by atomic mass is 14.3. The summed E-state index contributed by atoms with van der Waals surface area (Å²) in [5.74, 6) is 3.34. The maximum absolute atomic E-state index is 2.34. The van der Waals surface area contributed by atoms with Crippen molar-refractivity contribution in [2.24, 2.45) is 17.8 Å². The maximum Gasteiger partial charge on any atom is -0.0386 e. The van der Waals surface area contributed by atoms with Gasteiger partial charge in [-0.3, -0.25) is 0 Å². The Morgan fingerprint density at radius 2 is 1.33 bits per heavy atom. The van der Waals surface area contributed by atoms with Gasteiger partial charge in [-0.15, -0.1) is 0 Å². The van der Waals surface area contributed by atoms with Crippen LogP contribution in [0.1, 0.15) is 77.6 Å². The highest BCUT2D eigenvalue weighted by molar-refractivity contribution is 4.79. The molecule has 0 aromatic heterocycles. The molecule has 0 heteroatoms. The van der Waals surface area contributed by atoms with E-state index in [9.17, 15) is 0 Å². The third-order valence-electron chi connectivity index (χ3n) is 4.90. The number of hydrogen-bond donors (Lipinski definition) is 0. The van der Waals surface area contributed by atoms with E-state index in [1.807, 2.05) is 0 Å². The first-order valence-corrected chi connectivity index (χ1v) is 7.40. The van der Waals surface area contributed by atoms with Gasteiger partial charge in [0.15, 0.2) is 0 Å². The summed E-state index contributed by atoms with van der Waals surface area (Å²) in [7, 11) is 0. The molecule has 2 aliphatic carbocycles. The average molecular weight is 208 g/mol. The van der Waals surface area contributed by atoms with Gasteiger partial charge in [0.2, 0.25) is 0 Å². The second-order valence-electron chi connectivity index (χ2n) is 5.97. The van der Waals surface area contributed by atoms with E-state index in [4.69, 9.17) is 0 Å². The van der Waals surface area contributed by atoms with E-state index in [0.29, 0.717) is 0 Å². The maximum atomic E-state index is 2.34. The lowest BCUT2D eigenvalue weighted by atomic mass is 9.70.